The third-order valence-electron chi connectivity index (χ3n) is 4.39. The lowest BCUT2D eigenvalue weighted by molar-refractivity contribution is -0.0610. The number of aromatic nitrogens is 1. The molecule has 0 bridgehead atoms. The zero-order chi connectivity index (χ0) is 13.5. The Balaban J connectivity index is 1.57. The fourth-order valence-corrected chi connectivity index (χ4v) is 3.43. The zero-order valence-corrected chi connectivity index (χ0v) is 11.4. The van der Waals surface area contributed by atoms with E-state index in [1.54, 1.807) is 0 Å². The van der Waals surface area contributed by atoms with E-state index < -0.39 is 0 Å². The van der Waals surface area contributed by atoms with Gasteiger partial charge in [-0.1, -0.05) is 0 Å². The number of ether oxygens (including phenoxy) is 1. The standard InChI is InChI=1S/C15H19N3O2/c16-10-4-5-11-14(8-10)20-15(17-11)9-18-6-7-19-13-3-1-2-12(13)18/h4-5,8,12-13H,1-3,6-7,9,16H2. The van der Waals surface area contributed by atoms with Gasteiger partial charge in [0.25, 0.3) is 0 Å². The number of fused-ring (bicyclic) bond motifs is 2. The largest absolute Gasteiger partial charge is 0.439 e. The first-order valence-corrected chi connectivity index (χ1v) is 7.30. The molecule has 2 unspecified atom stereocenters. The molecule has 1 aromatic carbocycles. The lowest BCUT2D eigenvalue weighted by Gasteiger charge is -2.36. The molecule has 0 amide bonds. The molecule has 2 N–H and O–H groups in total. The van der Waals surface area contributed by atoms with Crippen molar-refractivity contribution in [1.29, 1.82) is 0 Å². The van der Waals surface area contributed by atoms with Gasteiger partial charge in [-0.3, -0.25) is 4.90 Å². The van der Waals surface area contributed by atoms with Gasteiger partial charge in [0.05, 0.1) is 19.3 Å². The monoisotopic (exact) mass is 273 g/mol. The minimum Gasteiger partial charge on any atom is -0.439 e. The third-order valence-corrected chi connectivity index (χ3v) is 4.39. The SMILES string of the molecule is Nc1ccc2nc(CN3CCOC4CCCC43)oc2c1. The maximum absolute atomic E-state index is 5.84. The highest BCUT2D eigenvalue weighted by atomic mass is 16.5. The second-order valence-electron chi connectivity index (χ2n) is 5.71. The first-order valence-electron chi connectivity index (χ1n) is 7.30. The van der Waals surface area contributed by atoms with Crippen molar-refractivity contribution >= 4 is 16.8 Å². The van der Waals surface area contributed by atoms with Gasteiger partial charge in [0.15, 0.2) is 5.58 Å². The van der Waals surface area contributed by atoms with Crippen LogP contribution in [0.2, 0.25) is 0 Å². The van der Waals surface area contributed by atoms with E-state index in [0.29, 0.717) is 17.8 Å². The predicted octanol–water partition coefficient (Wildman–Crippen LogP) is 2.16. The number of anilines is 1. The molecule has 5 heteroatoms. The number of benzene rings is 1. The van der Waals surface area contributed by atoms with E-state index in [4.69, 9.17) is 14.9 Å². The van der Waals surface area contributed by atoms with Crippen LogP contribution < -0.4 is 5.73 Å². The molecule has 2 atom stereocenters. The summed E-state index contributed by atoms with van der Waals surface area (Å²) >= 11 is 0. The van der Waals surface area contributed by atoms with Crippen LogP contribution in [0.4, 0.5) is 5.69 Å². The van der Waals surface area contributed by atoms with E-state index in [1.165, 1.54) is 19.3 Å². The van der Waals surface area contributed by atoms with Crippen LogP contribution in [0.3, 0.4) is 0 Å². The van der Waals surface area contributed by atoms with Crippen molar-refractivity contribution in [3.05, 3.63) is 24.1 Å². The Morgan fingerprint density at radius 3 is 3.25 bits per heavy atom. The first-order chi connectivity index (χ1) is 9.79. The predicted molar refractivity (Wildman–Crippen MR) is 76.2 cm³/mol. The minimum atomic E-state index is 0.406. The maximum Gasteiger partial charge on any atom is 0.209 e. The summed E-state index contributed by atoms with van der Waals surface area (Å²) in [5, 5.41) is 0. The number of morpholine rings is 1. The number of hydrogen-bond donors (Lipinski definition) is 1. The van der Waals surface area contributed by atoms with E-state index in [2.05, 4.69) is 9.88 Å². The molecular weight excluding hydrogens is 254 g/mol. The summed E-state index contributed by atoms with van der Waals surface area (Å²) < 4.78 is 11.7. The Labute approximate surface area is 117 Å². The van der Waals surface area contributed by atoms with Gasteiger partial charge in [-0.2, -0.15) is 0 Å². The lowest BCUT2D eigenvalue weighted by atomic mass is 10.1. The first kappa shape index (κ1) is 12.2. The van der Waals surface area contributed by atoms with Gasteiger partial charge < -0.3 is 14.9 Å². The third kappa shape index (κ3) is 2.07. The molecule has 1 aliphatic heterocycles. The minimum absolute atomic E-state index is 0.406. The number of nitrogens with zero attached hydrogens (tertiary/aromatic N) is 2. The Hall–Kier alpha value is -1.59. The van der Waals surface area contributed by atoms with Crippen LogP contribution in [0.15, 0.2) is 22.6 Å². The second kappa shape index (κ2) is 4.75. The van der Waals surface area contributed by atoms with E-state index >= 15 is 0 Å². The highest BCUT2D eigenvalue weighted by Gasteiger charge is 2.36. The molecule has 106 valence electrons. The molecule has 2 heterocycles. The molecule has 1 aliphatic carbocycles. The lowest BCUT2D eigenvalue weighted by Crippen LogP contribution is -2.47. The summed E-state index contributed by atoms with van der Waals surface area (Å²) in [5.41, 5.74) is 8.14. The van der Waals surface area contributed by atoms with E-state index in [9.17, 15) is 0 Å². The van der Waals surface area contributed by atoms with E-state index in [1.807, 2.05) is 18.2 Å². The van der Waals surface area contributed by atoms with Crippen molar-refractivity contribution in [2.75, 3.05) is 18.9 Å². The number of nitrogen functional groups attached to an aromatic ring is 1. The fourth-order valence-electron chi connectivity index (χ4n) is 3.43. The molecule has 2 aliphatic rings. The van der Waals surface area contributed by atoms with Crippen LogP contribution in [0.5, 0.6) is 0 Å². The Bertz CT molecular complexity index is 625. The van der Waals surface area contributed by atoms with Crippen LogP contribution in [0.25, 0.3) is 11.1 Å². The Kier molecular flexibility index (Phi) is 2.89. The van der Waals surface area contributed by atoms with Gasteiger partial charge in [-0.25, -0.2) is 4.98 Å². The van der Waals surface area contributed by atoms with Crippen molar-refractivity contribution in [2.24, 2.45) is 0 Å². The Morgan fingerprint density at radius 2 is 2.30 bits per heavy atom. The van der Waals surface area contributed by atoms with Crippen molar-refractivity contribution < 1.29 is 9.15 Å². The van der Waals surface area contributed by atoms with Gasteiger partial charge in [0, 0.05) is 24.3 Å². The van der Waals surface area contributed by atoms with Crippen molar-refractivity contribution in [3.8, 4) is 0 Å². The molecular formula is C15H19N3O2. The van der Waals surface area contributed by atoms with Gasteiger partial charge in [0.2, 0.25) is 5.89 Å². The van der Waals surface area contributed by atoms with Crippen LogP contribution in [-0.4, -0.2) is 35.2 Å². The zero-order valence-electron chi connectivity index (χ0n) is 11.4. The van der Waals surface area contributed by atoms with Crippen LogP contribution >= 0.6 is 0 Å². The fraction of sp³-hybridized carbons (Fsp3) is 0.533. The van der Waals surface area contributed by atoms with Gasteiger partial charge >= 0.3 is 0 Å². The summed E-state index contributed by atoms with van der Waals surface area (Å²) in [6.45, 7) is 2.54. The molecule has 4 rings (SSSR count). The summed E-state index contributed by atoms with van der Waals surface area (Å²) in [6, 6.07) is 6.14. The summed E-state index contributed by atoms with van der Waals surface area (Å²) in [4.78, 5) is 7.01. The average molecular weight is 273 g/mol. The number of hydrogen-bond acceptors (Lipinski definition) is 5. The number of rotatable bonds is 2. The van der Waals surface area contributed by atoms with Crippen LogP contribution in [0.1, 0.15) is 25.2 Å². The summed E-state index contributed by atoms with van der Waals surface area (Å²) in [5.74, 6) is 0.776. The molecule has 2 aromatic rings. The number of oxazole rings is 1. The quantitative estimate of drug-likeness (QED) is 0.849. The smallest absolute Gasteiger partial charge is 0.209 e. The summed E-state index contributed by atoms with van der Waals surface area (Å²) in [7, 11) is 0. The molecule has 2 fully saturated rings. The van der Waals surface area contributed by atoms with Crippen molar-refractivity contribution in [3.63, 3.8) is 0 Å². The van der Waals surface area contributed by atoms with Gasteiger partial charge in [-0.15, -0.1) is 0 Å². The second-order valence-corrected chi connectivity index (χ2v) is 5.71. The Morgan fingerprint density at radius 1 is 1.35 bits per heavy atom. The van der Waals surface area contributed by atoms with E-state index in [-0.39, 0.29) is 0 Å². The van der Waals surface area contributed by atoms with Crippen LogP contribution in [0, 0.1) is 0 Å². The maximum atomic E-state index is 5.84. The summed E-state index contributed by atoms with van der Waals surface area (Å²) in [6.07, 6.45) is 4.07. The molecule has 20 heavy (non-hydrogen) atoms. The van der Waals surface area contributed by atoms with E-state index in [0.717, 1.165) is 36.7 Å². The van der Waals surface area contributed by atoms with Gasteiger partial charge in [-0.05, 0) is 31.4 Å². The van der Waals surface area contributed by atoms with Crippen molar-refractivity contribution in [1.82, 2.24) is 9.88 Å². The van der Waals surface area contributed by atoms with Crippen LogP contribution in [-0.2, 0) is 11.3 Å². The highest BCUT2D eigenvalue weighted by Crippen LogP contribution is 2.31. The molecule has 1 saturated carbocycles. The molecule has 1 saturated heterocycles. The average Bonchev–Trinajstić information content (AvgIpc) is 3.04. The van der Waals surface area contributed by atoms with Crippen molar-refractivity contribution in [2.45, 2.75) is 38.0 Å². The molecule has 1 aromatic heterocycles. The highest BCUT2D eigenvalue weighted by molar-refractivity contribution is 5.76. The molecule has 0 spiro atoms. The molecule has 0 radical (unpaired) electrons. The topological polar surface area (TPSA) is 64.5 Å². The molecule has 5 nitrogen and oxygen atoms in total. The van der Waals surface area contributed by atoms with Gasteiger partial charge in [0.1, 0.15) is 5.52 Å². The number of nitrogens with two attached hydrogens (primary N) is 1. The normalized spacial score (nSPS) is 27.0.